The Bertz CT molecular complexity index is 1740. The van der Waals surface area contributed by atoms with Crippen molar-refractivity contribution in [2.24, 2.45) is 4.99 Å². The number of aromatic nitrogens is 3. The molecule has 0 unspecified atom stereocenters. The Hall–Kier alpha value is -4.72. The molecule has 0 atom stereocenters. The Labute approximate surface area is 260 Å². The van der Waals surface area contributed by atoms with Crippen LogP contribution >= 0.6 is 11.8 Å². The van der Waals surface area contributed by atoms with Gasteiger partial charge in [0, 0.05) is 12.1 Å². The van der Waals surface area contributed by atoms with Crippen molar-refractivity contribution in [2.45, 2.75) is 45.9 Å². The summed E-state index contributed by atoms with van der Waals surface area (Å²) in [6.45, 7) is 5.43. The lowest BCUT2D eigenvalue weighted by atomic mass is 9.98. The van der Waals surface area contributed by atoms with Crippen LogP contribution in [0, 0.1) is 12.7 Å². The Kier molecular flexibility index (Phi) is 9.23. The number of urea groups is 1. The van der Waals surface area contributed by atoms with Crippen LogP contribution in [0.2, 0.25) is 0 Å². The summed E-state index contributed by atoms with van der Waals surface area (Å²) >= 11 is 1.14. The first-order valence-corrected chi connectivity index (χ1v) is 14.9. The van der Waals surface area contributed by atoms with Crippen molar-refractivity contribution in [1.29, 1.82) is 0 Å². The number of hydrogen-bond donors (Lipinski definition) is 1. The number of rotatable bonds is 8. The number of nitrogens with zero attached hydrogens (tertiary/aromatic N) is 5. The van der Waals surface area contributed by atoms with Gasteiger partial charge in [-0.15, -0.1) is 13.2 Å². The number of hydrogen-bond acceptors (Lipinski definition) is 6. The van der Waals surface area contributed by atoms with Crippen molar-refractivity contribution in [3.8, 4) is 11.4 Å². The number of benzene rings is 3. The normalized spacial score (nSPS) is 14.4. The maximum absolute atomic E-state index is 14.3. The average molecular weight is 641 g/mol. The molecule has 0 aliphatic carbocycles. The van der Waals surface area contributed by atoms with Crippen molar-refractivity contribution in [2.75, 3.05) is 16.0 Å². The van der Waals surface area contributed by atoms with E-state index in [4.69, 9.17) is 0 Å². The Morgan fingerprint density at radius 2 is 1.80 bits per heavy atom. The van der Waals surface area contributed by atoms with E-state index in [2.05, 4.69) is 25.1 Å². The number of aryl methyl sites for hydroxylation is 3. The number of nitrogens with one attached hydrogen (secondary N) is 1. The van der Waals surface area contributed by atoms with Crippen LogP contribution in [0.15, 0.2) is 72.0 Å². The van der Waals surface area contributed by atoms with Crippen LogP contribution in [0.25, 0.3) is 5.69 Å². The monoisotopic (exact) mass is 640 g/mol. The molecule has 1 saturated heterocycles. The largest absolute Gasteiger partial charge is 0.573 e. The fourth-order valence-electron chi connectivity index (χ4n) is 4.61. The van der Waals surface area contributed by atoms with Gasteiger partial charge < -0.3 is 10.1 Å². The molecule has 0 bridgehead atoms. The topological polar surface area (TPSA) is 102 Å². The van der Waals surface area contributed by atoms with E-state index in [0.717, 1.165) is 17.3 Å². The highest BCUT2D eigenvalue weighted by Crippen LogP contribution is 2.35. The van der Waals surface area contributed by atoms with Crippen LogP contribution in [0.4, 0.5) is 33.7 Å². The number of carbonyl (C=O) groups is 2. The molecular formula is C31H28F4N6O3S. The lowest BCUT2D eigenvalue weighted by molar-refractivity contribution is -0.274. The minimum Gasteiger partial charge on any atom is -0.406 e. The molecule has 45 heavy (non-hydrogen) atoms. The number of ether oxygens (including phenoxy) is 1. The lowest BCUT2D eigenvalue weighted by Gasteiger charge is -2.22. The molecule has 0 saturated carbocycles. The number of anilines is 2. The number of amidine groups is 1. The van der Waals surface area contributed by atoms with Crippen molar-refractivity contribution < 1.29 is 31.9 Å². The first-order chi connectivity index (χ1) is 21.4. The molecule has 1 aliphatic heterocycles. The maximum atomic E-state index is 14.3. The molecule has 1 N–H and O–H groups in total. The van der Waals surface area contributed by atoms with E-state index in [1.54, 1.807) is 25.1 Å². The summed E-state index contributed by atoms with van der Waals surface area (Å²) in [5, 5.41) is 7.32. The lowest BCUT2D eigenvalue weighted by Crippen LogP contribution is -2.31. The smallest absolute Gasteiger partial charge is 0.406 e. The van der Waals surface area contributed by atoms with Crippen LogP contribution in [-0.2, 0) is 17.6 Å². The highest BCUT2D eigenvalue weighted by molar-refractivity contribution is 8.15. The third kappa shape index (κ3) is 7.87. The quantitative estimate of drug-likeness (QED) is 0.205. The summed E-state index contributed by atoms with van der Waals surface area (Å²) in [5.41, 5.74) is 3.55. The van der Waals surface area contributed by atoms with Gasteiger partial charge in [0.2, 0.25) is 5.91 Å². The van der Waals surface area contributed by atoms with Crippen LogP contribution in [0.1, 0.15) is 42.3 Å². The molecule has 2 heterocycles. The van der Waals surface area contributed by atoms with Crippen molar-refractivity contribution in [1.82, 2.24) is 14.8 Å². The number of aliphatic imine (C=N–C) groups is 1. The van der Waals surface area contributed by atoms with Crippen LogP contribution in [0.3, 0.4) is 0 Å². The molecule has 1 aromatic heterocycles. The predicted molar refractivity (Wildman–Crippen MR) is 164 cm³/mol. The van der Waals surface area contributed by atoms with Crippen molar-refractivity contribution >= 4 is 40.2 Å². The Morgan fingerprint density at radius 3 is 2.47 bits per heavy atom. The molecule has 234 valence electrons. The summed E-state index contributed by atoms with van der Waals surface area (Å²) in [5.74, 6) is -0.324. The predicted octanol–water partition coefficient (Wildman–Crippen LogP) is 7.19. The molecular weight excluding hydrogens is 612 g/mol. The SMILES string of the molecule is Cc1cc(N2C(=O)CS/C2=N\C(=O)Nc2ccc(CCc3ncn(-c4ccc(OC(F)(F)F)cc4)n3)cc2)c(C(C)C)cc1F. The second-order valence-corrected chi connectivity index (χ2v) is 11.4. The van der Waals surface area contributed by atoms with Gasteiger partial charge in [-0.05, 0) is 84.5 Å². The van der Waals surface area contributed by atoms with Crippen molar-refractivity contribution in [3.05, 3.63) is 95.3 Å². The number of amides is 3. The highest BCUT2D eigenvalue weighted by atomic mass is 32.2. The minimum absolute atomic E-state index is 0.0592. The molecule has 3 amide bonds. The fourth-order valence-corrected chi connectivity index (χ4v) is 5.46. The molecule has 1 fully saturated rings. The zero-order chi connectivity index (χ0) is 32.3. The van der Waals surface area contributed by atoms with Gasteiger partial charge in [-0.3, -0.25) is 9.69 Å². The van der Waals surface area contributed by atoms with Gasteiger partial charge in [-0.2, -0.15) is 10.1 Å². The van der Waals surface area contributed by atoms with E-state index in [9.17, 15) is 27.2 Å². The molecule has 1 aliphatic rings. The molecule has 3 aromatic carbocycles. The molecule has 14 heteroatoms. The molecule has 4 aromatic rings. The highest BCUT2D eigenvalue weighted by Gasteiger charge is 2.33. The Balaban J connectivity index is 1.19. The average Bonchev–Trinajstić information content (AvgIpc) is 3.60. The second-order valence-electron chi connectivity index (χ2n) is 10.5. The van der Waals surface area contributed by atoms with Crippen molar-refractivity contribution in [3.63, 3.8) is 0 Å². The van der Waals surface area contributed by atoms with E-state index in [1.165, 1.54) is 46.2 Å². The standard InChI is InChI=1S/C31H28F4N6O3S/c1-18(2)24-15-25(32)19(3)14-26(24)41-28(42)16-45-30(41)38-29(43)37-21-7-4-20(5-8-21)6-13-27-36-17-40(39-27)22-9-11-23(12-10-22)44-31(33,34)35/h4-5,7-12,14-15,17-18H,6,13,16H2,1-3H3,(H,37,43)/b38-30-. The second kappa shape index (κ2) is 13.1. The summed E-state index contributed by atoms with van der Waals surface area (Å²) in [6, 6.07) is 14.8. The van der Waals surface area contributed by atoms with E-state index in [-0.39, 0.29) is 34.3 Å². The zero-order valence-electron chi connectivity index (χ0n) is 24.4. The summed E-state index contributed by atoms with van der Waals surface area (Å²) in [7, 11) is 0. The first kappa shape index (κ1) is 31.7. The van der Waals surface area contributed by atoms with Gasteiger partial charge in [-0.1, -0.05) is 37.7 Å². The van der Waals surface area contributed by atoms with Gasteiger partial charge in [-0.25, -0.2) is 18.9 Å². The number of thioether (sulfide) groups is 1. The first-order valence-electron chi connectivity index (χ1n) is 13.9. The van der Waals surface area contributed by atoms with Gasteiger partial charge in [0.25, 0.3) is 0 Å². The van der Waals surface area contributed by atoms with Crippen LogP contribution in [-0.4, -0.2) is 44.0 Å². The third-order valence-electron chi connectivity index (χ3n) is 6.85. The van der Waals surface area contributed by atoms with Gasteiger partial charge in [0.05, 0.1) is 17.1 Å². The van der Waals surface area contributed by atoms with E-state index >= 15 is 0 Å². The molecule has 5 rings (SSSR count). The Morgan fingerprint density at radius 1 is 1.09 bits per heavy atom. The van der Waals surface area contributed by atoms with Gasteiger partial charge >= 0.3 is 12.4 Å². The van der Waals surface area contributed by atoms with E-state index in [0.29, 0.717) is 46.9 Å². The summed E-state index contributed by atoms with van der Waals surface area (Å²) in [4.78, 5) is 35.4. The fraction of sp³-hybridized carbons (Fsp3) is 0.258. The maximum Gasteiger partial charge on any atom is 0.573 e. The van der Waals surface area contributed by atoms with E-state index < -0.39 is 12.4 Å². The van der Waals surface area contributed by atoms with E-state index in [1.807, 2.05) is 26.0 Å². The third-order valence-corrected chi connectivity index (χ3v) is 7.77. The number of halogens is 4. The number of carbonyl (C=O) groups excluding carboxylic acids is 2. The minimum atomic E-state index is -4.76. The molecule has 0 spiro atoms. The molecule has 0 radical (unpaired) electrons. The number of alkyl halides is 3. The van der Waals surface area contributed by atoms with Gasteiger partial charge in [0.1, 0.15) is 17.9 Å². The van der Waals surface area contributed by atoms with Gasteiger partial charge in [0.15, 0.2) is 11.0 Å². The van der Waals surface area contributed by atoms with Crippen LogP contribution in [0.5, 0.6) is 5.75 Å². The summed E-state index contributed by atoms with van der Waals surface area (Å²) < 4.78 is 56.8. The van der Waals surface area contributed by atoms with Crippen LogP contribution < -0.4 is 15.0 Å². The molecule has 9 nitrogen and oxygen atoms in total. The summed E-state index contributed by atoms with van der Waals surface area (Å²) in [6.07, 6.45) is -2.18. The zero-order valence-corrected chi connectivity index (χ0v) is 25.2.